The molecule has 2 aromatic rings. The average Bonchev–Trinajstić information content (AvgIpc) is 3.24. The number of hydrogen-bond acceptors (Lipinski definition) is 6. The molecule has 1 unspecified atom stereocenters. The van der Waals surface area contributed by atoms with Gasteiger partial charge >= 0.3 is 0 Å². The van der Waals surface area contributed by atoms with Crippen LogP contribution in [-0.4, -0.2) is 70.7 Å². The molecule has 1 atom stereocenters. The summed E-state index contributed by atoms with van der Waals surface area (Å²) in [6.07, 6.45) is 5.74. The minimum atomic E-state index is -0.496. The first-order chi connectivity index (χ1) is 13.6. The van der Waals surface area contributed by atoms with Gasteiger partial charge in [-0.3, -0.25) is 14.3 Å². The van der Waals surface area contributed by atoms with Crippen molar-refractivity contribution in [2.45, 2.75) is 18.9 Å². The lowest BCUT2D eigenvalue weighted by Gasteiger charge is -2.35. The minimum Gasteiger partial charge on any atom is -0.365 e. The Bertz CT molecular complexity index is 851. The summed E-state index contributed by atoms with van der Waals surface area (Å²) in [5.41, 5.74) is 6.34. The van der Waals surface area contributed by atoms with Gasteiger partial charge in [0, 0.05) is 45.1 Å². The molecule has 9 heteroatoms. The Morgan fingerprint density at radius 1 is 1.18 bits per heavy atom. The van der Waals surface area contributed by atoms with Crippen molar-refractivity contribution >= 4 is 17.6 Å². The van der Waals surface area contributed by atoms with Crippen LogP contribution in [0.3, 0.4) is 0 Å². The van der Waals surface area contributed by atoms with Crippen molar-refractivity contribution in [3.05, 3.63) is 41.9 Å². The predicted molar refractivity (Wildman–Crippen MR) is 104 cm³/mol. The minimum absolute atomic E-state index is 0.0571. The molecule has 2 amide bonds. The lowest BCUT2D eigenvalue weighted by molar-refractivity contribution is 0.0738. The molecule has 0 radical (unpaired) electrons. The van der Waals surface area contributed by atoms with E-state index in [1.54, 1.807) is 29.3 Å². The number of nitrogens with two attached hydrogens (primary N) is 1. The van der Waals surface area contributed by atoms with E-state index in [1.807, 2.05) is 15.8 Å². The van der Waals surface area contributed by atoms with Gasteiger partial charge in [-0.1, -0.05) is 0 Å². The Kier molecular flexibility index (Phi) is 5.25. The topological polar surface area (TPSA) is 109 Å². The summed E-state index contributed by atoms with van der Waals surface area (Å²) in [4.78, 5) is 32.6. The number of rotatable bonds is 4. The summed E-state index contributed by atoms with van der Waals surface area (Å²) >= 11 is 0. The van der Waals surface area contributed by atoms with Crippen molar-refractivity contribution < 1.29 is 9.59 Å². The summed E-state index contributed by atoms with van der Waals surface area (Å²) in [6, 6.07) is 5.48. The van der Waals surface area contributed by atoms with Crippen molar-refractivity contribution in [2.24, 2.45) is 5.73 Å². The maximum absolute atomic E-state index is 12.8. The van der Waals surface area contributed by atoms with Crippen molar-refractivity contribution in [3.63, 3.8) is 0 Å². The molecular weight excluding hydrogens is 358 g/mol. The Balaban J connectivity index is 1.39. The summed E-state index contributed by atoms with van der Waals surface area (Å²) in [6.45, 7) is 4.21. The maximum Gasteiger partial charge on any atom is 0.274 e. The van der Waals surface area contributed by atoms with Crippen molar-refractivity contribution in [2.75, 3.05) is 44.2 Å². The SMILES string of the molecule is NC(=O)c1cccnc1N1CCN(C(=O)c2ccn(C3CCCNC3)n2)CC1. The number of piperidine rings is 1. The lowest BCUT2D eigenvalue weighted by atomic mass is 10.1. The highest BCUT2D eigenvalue weighted by Crippen LogP contribution is 2.20. The van der Waals surface area contributed by atoms with E-state index in [4.69, 9.17) is 5.73 Å². The van der Waals surface area contributed by atoms with Crippen LogP contribution in [0.2, 0.25) is 0 Å². The van der Waals surface area contributed by atoms with Crippen molar-refractivity contribution in [1.82, 2.24) is 25.0 Å². The molecule has 0 aromatic carbocycles. The van der Waals surface area contributed by atoms with Gasteiger partial charge in [-0.05, 0) is 37.6 Å². The van der Waals surface area contributed by atoms with Gasteiger partial charge in [0.05, 0.1) is 11.6 Å². The molecule has 148 valence electrons. The molecule has 4 rings (SSSR count). The molecule has 2 aliphatic heterocycles. The highest BCUT2D eigenvalue weighted by Gasteiger charge is 2.26. The zero-order valence-electron chi connectivity index (χ0n) is 15.8. The number of pyridine rings is 1. The van der Waals surface area contributed by atoms with Gasteiger partial charge in [0.1, 0.15) is 11.5 Å². The number of carbonyl (C=O) groups is 2. The lowest BCUT2D eigenvalue weighted by Crippen LogP contribution is -2.49. The number of nitrogens with zero attached hydrogens (tertiary/aromatic N) is 5. The second-order valence-electron chi connectivity index (χ2n) is 7.20. The molecule has 28 heavy (non-hydrogen) atoms. The van der Waals surface area contributed by atoms with Gasteiger partial charge in [0.25, 0.3) is 11.8 Å². The van der Waals surface area contributed by atoms with Crippen LogP contribution in [0.25, 0.3) is 0 Å². The number of anilines is 1. The van der Waals surface area contributed by atoms with E-state index < -0.39 is 5.91 Å². The first-order valence-corrected chi connectivity index (χ1v) is 9.68. The Hall–Kier alpha value is -2.94. The van der Waals surface area contributed by atoms with Gasteiger partial charge in [-0.25, -0.2) is 4.98 Å². The zero-order chi connectivity index (χ0) is 19.5. The molecule has 0 saturated carbocycles. The number of primary amides is 1. The fraction of sp³-hybridized carbons (Fsp3) is 0.474. The molecule has 0 aliphatic carbocycles. The fourth-order valence-corrected chi connectivity index (χ4v) is 3.84. The van der Waals surface area contributed by atoms with Crippen LogP contribution >= 0.6 is 0 Å². The third-order valence-electron chi connectivity index (χ3n) is 5.39. The summed E-state index contributed by atoms with van der Waals surface area (Å²) in [7, 11) is 0. The second-order valence-corrected chi connectivity index (χ2v) is 7.20. The number of hydrogen-bond donors (Lipinski definition) is 2. The predicted octanol–water partition coefficient (Wildman–Crippen LogP) is 0.264. The van der Waals surface area contributed by atoms with E-state index >= 15 is 0 Å². The number of carbonyl (C=O) groups excluding carboxylic acids is 2. The zero-order valence-corrected chi connectivity index (χ0v) is 15.8. The third kappa shape index (κ3) is 3.70. The first kappa shape index (κ1) is 18.4. The molecule has 0 spiro atoms. The molecule has 2 aromatic heterocycles. The van der Waals surface area contributed by atoms with Crippen LogP contribution in [-0.2, 0) is 0 Å². The molecule has 2 fully saturated rings. The maximum atomic E-state index is 12.8. The monoisotopic (exact) mass is 383 g/mol. The molecule has 3 N–H and O–H groups in total. The van der Waals surface area contributed by atoms with Gasteiger partial charge in [0.2, 0.25) is 0 Å². The normalized spacial score (nSPS) is 20.2. The summed E-state index contributed by atoms with van der Waals surface area (Å²) in [5.74, 6) is 0.0267. The van der Waals surface area contributed by atoms with Crippen LogP contribution < -0.4 is 16.0 Å². The van der Waals surface area contributed by atoms with Gasteiger partial charge in [0.15, 0.2) is 0 Å². The first-order valence-electron chi connectivity index (χ1n) is 9.68. The smallest absolute Gasteiger partial charge is 0.274 e. The molecular formula is C19H25N7O2. The fourth-order valence-electron chi connectivity index (χ4n) is 3.84. The summed E-state index contributed by atoms with van der Waals surface area (Å²) < 4.78 is 1.91. The average molecular weight is 383 g/mol. The van der Waals surface area contributed by atoms with Crippen LogP contribution in [0, 0.1) is 0 Å². The third-order valence-corrected chi connectivity index (χ3v) is 5.39. The number of piperazine rings is 1. The number of aromatic nitrogens is 3. The van der Waals surface area contributed by atoms with Gasteiger partial charge in [-0.15, -0.1) is 0 Å². The highest BCUT2D eigenvalue weighted by atomic mass is 16.2. The Morgan fingerprint density at radius 3 is 2.71 bits per heavy atom. The molecule has 9 nitrogen and oxygen atoms in total. The molecule has 2 saturated heterocycles. The van der Waals surface area contributed by atoms with Crippen LogP contribution in [0.1, 0.15) is 39.7 Å². The van der Waals surface area contributed by atoms with E-state index in [1.165, 1.54) is 0 Å². The Labute approximate surface area is 163 Å². The number of nitrogens with one attached hydrogen (secondary N) is 1. The summed E-state index contributed by atoms with van der Waals surface area (Å²) in [5, 5.41) is 7.89. The van der Waals surface area contributed by atoms with Crippen LogP contribution in [0.4, 0.5) is 5.82 Å². The second kappa shape index (κ2) is 7.97. The van der Waals surface area contributed by atoms with E-state index in [0.717, 1.165) is 25.9 Å². The van der Waals surface area contributed by atoms with Gasteiger partial charge in [-0.2, -0.15) is 5.10 Å². The molecule has 0 bridgehead atoms. The number of amides is 2. The van der Waals surface area contributed by atoms with Crippen LogP contribution in [0.15, 0.2) is 30.6 Å². The van der Waals surface area contributed by atoms with E-state index in [-0.39, 0.29) is 5.91 Å². The van der Waals surface area contributed by atoms with E-state index in [2.05, 4.69) is 15.4 Å². The molecule has 4 heterocycles. The van der Waals surface area contributed by atoms with E-state index in [9.17, 15) is 9.59 Å². The van der Waals surface area contributed by atoms with Crippen molar-refractivity contribution in [1.29, 1.82) is 0 Å². The van der Waals surface area contributed by atoms with E-state index in [0.29, 0.717) is 49.3 Å². The van der Waals surface area contributed by atoms with Crippen LogP contribution in [0.5, 0.6) is 0 Å². The quantitative estimate of drug-likeness (QED) is 0.784. The van der Waals surface area contributed by atoms with Crippen molar-refractivity contribution in [3.8, 4) is 0 Å². The largest absolute Gasteiger partial charge is 0.365 e. The van der Waals surface area contributed by atoms with Gasteiger partial charge < -0.3 is 20.9 Å². The Morgan fingerprint density at radius 2 is 2.00 bits per heavy atom. The highest BCUT2D eigenvalue weighted by molar-refractivity contribution is 5.97. The molecule has 2 aliphatic rings. The standard InChI is InChI=1S/C19H25N7O2/c20-17(27)15-4-2-7-22-18(15)24-9-11-25(12-10-24)19(28)16-5-8-26(23-16)14-3-1-6-21-13-14/h2,4-5,7-8,14,21H,1,3,6,9-13H2,(H2,20,27).